The minimum atomic E-state index is -0.177. The molecule has 142 valence electrons. The quantitative estimate of drug-likeness (QED) is 0.455. The normalized spacial score (nSPS) is 12.2. The SMILES string of the molecule is CCn1c(SCc2ccc(Cl)cc2)nnc1C(C)Oc1ccc(C)cc1C. The van der Waals surface area contributed by atoms with E-state index in [-0.39, 0.29) is 6.10 Å². The van der Waals surface area contributed by atoms with Crippen molar-refractivity contribution in [2.24, 2.45) is 0 Å². The third-order valence-corrected chi connectivity index (χ3v) is 5.63. The fourth-order valence-electron chi connectivity index (χ4n) is 2.91. The molecule has 0 bridgehead atoms. The van der Waals surface area contributed by atoms with Crippen molar-refractivity contribution in [1.29, 1.82) is 0 Å². The summed E-state index contributed by atoms with van der Waals surface area (Å²) >= 11 is 7.62. The van der Waals surface area contributed by atoms with Crippen molar-refractivity contribution in [2.45, 2.75) is 51.3 Å². The Labute approximate surface area is 169 Å². The predicted octanol–water partition coefficient (Wildman–Crippen LogP) is 6.00. The summed E-state index contributed by atoms with van der Waals surface area (Å²) in [5.74, 6) is 2.55. The topological polar surface area (TPSA) is 39.9 Å². The van der Waals surface area contributed by atoms with Crippen LogP contribution < -0.4 is 4.74 Å². The van der Waals surface area contributed by atoms with E-state index >= 15 is 0 Å². The molecule has 2 aromatic carbocycles. The lowest BCUT2D eigenvalue weighted by atomic mass is 10.1. The van der Waals surface area contributed by atoms with Crippen LogP contribution in [0.15, 0.2) is 47.6 Å². The Morgan fingerprint density at radius 2 is 1.85 bits per heavy atom. The van der Waals surface area contributed by atoms with E-state index in [1.807, 2.05) is 37.3 Å². The molecular weight excluding hydrogens is 378 g/mol. The zero-order valence-electron chi connectivity index (χ0n) is 16.1. The third kappa shape index (κ3) is 4.85. The maximum absolute atomic E-state index is 6.17. The van der Waals surface area contributed by atoms with E-state index in [2.05, 4.69) is 47.7 Å². The van der Waals surface area contributed by atoms with Crippen LogP contribution in [0.25, 0.3) is 0 Å². The number of halogens is 1. The fraction of sp³-hybridized carbons (Fsp3) is 0.333. The van der Waals surface area contributed by atoms with Gasteiger partial charge in [-0.1, -0.05) is 53.2 Å². The third-order valence-electron chi connectivity index (χ3n) is 4.34. The molecule has 0 saturated heterocycles. The number of rotatable bonds is 7. The molecule has 0 amide bonds. The average Bonchev–Trinajstić information content (AvgIpc) is 3.06. The van der Waals surface area contributed by atoms with E-state index in [9.17, 15) is 0 Å². The van der Waals surface area contributed by atoms with Crippen LogP contribution in [-0.4, -0.2) is 14.8 Å². The highest BCUT2D eigenvalue weighted by atomic mass is 35.5. The molecule has 0 spiro atoms. The highest BCUT2D eigenvalue weighted by Gasteiger charge is 2.19. The lowest BCUT2D eigenvalue weighted by molar-refractivity contribution is 0.208. The largest absolute Gasteiger partial charge is 0.482 e. The fourth-order valence-corrected chi connectivity index (χ4v) is 4.00. The predicted molar refractivity (Wildman–Crippen MR) is 112 cm³/mol. The van der Waals surface area contributed by atoms with Crippen LogP contribution >= 0.6 is 23.4 Å². The second-order valence-corrected chi connectivity index (χ2v) is 7.91. The number of hydrogen-bond acceptors (Lipinski definition) is 4. The average molecular weight is 402 g/mol. The molecule has 0 fully saturated rings. The lowest BCUT2D eigenvalue weighted by Gasteiger charge is -2.17. The molecule has 3 rings (SSSR count). The van der Waals surface area contributed by atoms with Gasteiger partial charge >= 0.3 is 0 Å². The maximum Gasteiger partial charge on any atom is 0.191 e. The van der Waals surface area contributed by atoms with Crippen LogP contribution in [0, 0.1) is 13.8 Å². The summed E-state index contributed by atoms with van der Waals surface area (Å²) in [6.07, 6.45) is -0.177. The van der Waals surface area contributed by atoms with E-state index in [1.54, 1.807) is 11.8 Å². The molecule has 0 saturated carbocycles. The minimum Gasteiger partial charge on any atom is -0.482 e. The summed E-state index contributed by atoms with van der Waals surface area (Å²) < 4.78 is 8.29. The van der Waals surface area contributed by atoms with Crippen molar-refractivity contribution in [3.8, 4) is 5.75 Å². The number of aromatic nitrogens is 3. The molecule has 0 aliphatic carbocycles. The van der Waals surface area contributed by atoms with Crippen LogP contribution in [0.1, 0.15) is 42.5 Å². The zero-order valence-corrected chi connectivity index (χ0v) is 17.6. The van der Waals surface area contributed by atoms with Crippen molar-refractivity contribution in [1.82, 2.24) is 14.8 Å². The first-order valence-electron chi connectivity index (χ1n) is 9.02. The Balaban J connectivity index is 1.73. The van der Waals surface area contributed by atoms with Gasteiger partial charge in [0.15, 0.2) is 17.1 Å². The molecule has 0 aliphatic heterocycles. The summed E-state index contributed by atoms with van der Waals surface area (Å²) in [4.78, 5) is 0. The first-order valence-corrected chi connectivity index (χ1v) is 10.4. The smallest absolute Gasteiger partial charge is 0.191 e. The van der Waals surface area contributed by atoms with Crippen LogP contribution in [0.5, 0.6) is 5.75 Å². The molecule has 0 N–H and O–H groups in total. The summed E-state index contributed by atoms with van der Waals surface area (Å²) in [6, 6.07) is 14.1. The van der Waals surface area contributed by atoms with Gasteiger partial charge in [-0.3, -0.25) is 0 Å². The number of ether oxygens (including phenoxy) is 1. The molecule has 27 heavy (non-hydrogen) atoms. The summed E-state index contributed by atoms with van der Waals surface area (Å²) in [6.45, 7) is 9.06. The van der Waals surface area contributed by atoms with Crippen molar-refractivity contribution in [2.75, 3.05) is 0 Å². The summed E-state index contributed by atoms with van der Waals surface area (Å²) in [5.41, 5.74) is 3.56. The molecule has 4 nitrogen and oxygen atoms in total. The number of benzene rings is 2. The number of aryl methyl sites for hydroxylation is 2. The molecule has 1 atom stereocenters. The molecular formula is C21H24ClN3OS. The van der Waals surface area contributed by atoms with E-state index < -0.39 is 0 Å². The van der Waals surface area contributed by atoms with Crippen LogP contribution in [0.4, 0.5) is 0 Å². The van der Waals surface area contributed by atoms with Gasteiger partial charge in [0.05, 0.1) is 0 Å². The Morgan fingerprint density at radius 3 is 2.52 bits per heavy atom. The number of hydrogen-bond donors (Lipinski definition) is 0. The Bertz CT molecular complexity index is 908. The monoisotopic (exact) mass is 401 g/mol. The summed E-state index contributed by atoms with van der Waals surface area (Å²) in [5, 5.41) is 10.4. The van der Waals surface area contributed by atoms with Gasteiger partial charge in [0, 0.05) is 17.3 Å². The first kappa shape index (κ1) is 19.8. The van der Waals surface area contributed by atoms with Gasteiger partial charge in [-0.2, -0.15) is 0 Å². The Morgan fingerprint density at radius 1 is 1.11 bits per heavy atom. The van der Waals surface area contributed by atoms with Crippen molar-refractivity contribution in [3.63, 3.8) is 0 Å². The van der Waals surface area contributed by atoms with Crippen molar-refractivity contribution >= 4 is 23.4 Å². The van der Waals surface area contributed by atoms with Crippen LogP contribution in [-0.2, 0) is 12.3 Å². The maximum atomic E-state index is 6.17. The molecule has 1 aromatic heterocycles. The number of thioether (sulfide) groups is 1. The Hall–Kier alpha value is -1.98. The van der Waals surface area contributed by atoms with Gasteiger partial charge in [0.1, 0.15) is 5.75 Å². The van der Waals surface area contributed by atoms with E-state index in [0.717, 1.165) is 39.6 Å². The molecule has 0 aliphatic rings. The highest BCUT2D eigenvalue weighted by Crippen LogP contribution is 2.28. The van der Waals surface area contributed by atoms with Gasteiger partial charge in [-0.15, -0.1) is 10.2 Å². The van der Waals surface area contributed by atoms with Crippen LogP contribution in [0.3, 0.4) is 0 Å². The second kappa shape index (κ2) is 8.81. The molecule has 1 heterocycles. The zero-order chi connectivity index (χ0) is 19.4. The molecule has 0 radical (unpaired) electrons. The van der Waals surface area contributed by atoms with Gasteiger partial charge in [-0.05, 0) is 57.0 Å². The van der Waals surface area contributed by atoms with Gasteiger partial charge in [0.25, 0.3) is 0 Å². The number of nitrogens with zero attached hydrogens (tertiary/aromatic N) is 3. The molecule has 3 aromatic rings. The highest BCUT2D eigenvalue weighted by molar-refractivity contribution is 7.98. The summed E-state index contributed by atoms with van der Waals surface area (Å²) in [7, 11) is 0. The first-order chi connectivity index (χ1) is 13.0. The lowest BCUT2D eigenvalue weighted by Crippen LogP contribution is -2.12. The van der Waals surface area contributed by atoms with Crippen LogP contribution in [0.2, 0.25) is 5.02 Å². The second-order valence-electron chi connectivity index (χ2n) is 6.53. The van der Waals surface area contributed by atoms with Crippen molar-refractivity contribution < 1.29 is 4.74 Å². The molecule has 6 heteroatoms. The van der Waals surface area contributed by atoms with Crippen molar-refractivity contribution in [3.05, 3.63) is 70.0 Å². The molecule has 1 unspecified atom stereocenters. The Kier molecular flexibility index (Phi) is 6.45. The standard InChI is InChI=1S/C21H24ClN3OS/c1-5-25-20(16(4)26-19-11-6-14(2)12-15(19)3)23-24-21(25)27-13-17-7-9-18(22)10-8-17/h6-12,16H,5,13H2,1-4H3. The van der Waals surface area contributed by atoms with E-state index in [1.165, 1.54) is 11.1 Å². The van der Waals surface area contributed by atoms with Gasteiger partial charge in [-0.25, -0.2) is 0 Å². The van der Waals surface area contributed by atoms with Gasteiger partial charge < -0.3 is 9.30 Å². The van der Waals surface area contributed by atoms with E-state index in [4.69, 9.17) is 16.3 Å². The minimum absolute atomic E-state index is 0.177. The van der Waals surface area contributed by atoms with E-state index in [0.29, 0.717) is 0 Å². The van der Waals surface area contributed by atoms with Gasteiger partial charge in [0.2, 0.25) is 0 Å².